The minimum absolute atomic E-state index is 0.130. The second kappa shape index (κ2) is 2.22. The summed E-state index contributed by atoms with van der Waals surface area (Å²) in [6.07, 6.45) is 3.61. The fourth-order valence-electron chi connectivity index (χ4n) is 2.78. The molecular formula is C9H11NO2. The van der Waals surface area contributed by atoms with E-state index in [-0.39, 0.29) is 5.92 Å². The Morgan fingerprint density at radius 2 is 2.33 bits per heavy atom. The molecule has 0 radical (unpaired) electrons. The molecule has 0 amide bonds. The number of hydrogen-bond donors (Lipinski definition) is 1. The number of fused-ring (bicyclic) bond motifs is 2. The predicted octanol–water partition coefficient (Wildman–Crippen LogP) is 1.40. The molecule has 12 heavy (non-hydrogen) atoms. The number of carbonyl (C=O) groups is 1. The maximum Gasteiger partial charge on any atom is 0.324 e. The second-order valence-corrected chi connectivity index (χ2v) is 3.97. The van der Waals surface area contributed by atoms with E-state index in [2.05, 4.69) is 0 Å². The summed E-state index contributed by atoms with van der Waals surface area (Å²) >= 11 is 0. The molecule has 2 saturated carbocycles. The van der Waals surface area contributed by atoms with Crippen molar-refractivity contribution in [1.82, 2.24) is 0 Å². The van der Waals surface area contributed by atoms with Crippen LogP contribution in [0.2, 0.25) is 0 Å². The molecule has 3 atom stereocenters. The van der Waals surface area contributed by atoms with E-state index in [0.717, 1.165) is 19.3 Å². The molecule has 2 bridgehead atoms. The fraction of sp³-hybridized carbons (Fsp3) is 0.778. The normalized spacial score (nSPS) is 44.2. The van der Waals surface area contributed by atoms with Gasteiger partial charge in [-0.05, 0) is 31.1 Å². The van der Waals surface area contributed by atoms with Crippen LogP contribution in [0.15, 0.2) is 0 Å². The van der Waals surface area contributed by atoms with Crippen LogP contribution in [0, 0.1) is 28.6 Å². The van der Waals surface area contributed by atoms with Crippen molar-refractivity contribution in [1.29, 1.82) is 5.26 Å². The van der Waals surface area contributed by atoms with Crippen LogP contribution in [-0.2, 0) is 4.79 Å². The van der Waals surface area contributed by atoms with Gasteiger partial charge in [0, 0.05) is 0 Å². The molecule has 0 heterocycles. The molecule has 0 aromatic rings. The van der Waals surface area contributed by atoms with Crippen molar-refractivity contribution in [2.45, 2.75) is 25.7 Å². The van der Waals surface area contributed by atoms with Gasteiger partial charge in [0.25, 0.3) is 0 Å². The van der Waals surface area contributed by atoms with Gasteiger partial charge in [-0.3, -0.25) is 4.79 Å². The third-order valence-corrected chi connectivity index (χ3v) is 3.43. The molecule has 0 aromatic carbocycles. The van der Waals surface area contributed by atoms with Crippen LogP contribution < -0.4 is 0 Å². The van der Waals surface area contributed by atoms with E-state index in [0.29, 0.717) is 12.3 Å². The van der Waals surface area contributed by atoms with E-state index in [1.165, 1.54) is 0 Å². The molecule has 3 nitrogen and oxygen atoms in total. The Balaban J connectivity index is 2.33. The van der Waals surface area contributed by atoms with Gasteiger partial charge in [-0.15, -0.1) is 0 Å². The number of aliphatic carboxylic acids is 1. The highest BCUT2D eigenvalue weighted by Gasteiger charge is 2.56. The SMILES string of the molecule is N#CC1(C(=O)O)CC2CCC1C2. The Bertz CT molecular complexity index is 268. The summed E-state index contributed by atoms with van der Waals surface area (Å²) in [4.78, 5) is 10.9. The molecular weight excluding hydrogens is 154 g/mol. The zero-order valence-corrected chi connectivity index (χ0v) is 6.79. The molecule has 2 aliphatic carbocycles. The third kappa shape index (κ3) is 0.726. The van der Waals surface area contributed by atoms with Crippen molar-refractivity contribution < 1.29 is 9.90 Å². The van der Waals surface area contributed by atoms with Crippen molar-refractivity contribution in [2.75, 3.05) is 0 Å². The largest absolute Gasteiger partial charge is 0.480 e. The Hall–Kier alpha value is -1.04. The van der Waals surface area contributed by atoms with Gasteiger partial charge >= 0.3 is 5.97 Å². The first-order valence-corrected chi connectivity index (χ1v) is 4.33. The lowest BCUT2D eigenvalue weighted by Gasteiger charge is -2.25. The second-order valence-electron chi connectivity index (χ2n) is 3.97. The van der Waals surface area contributed by atoms with E-state index in [4.69, 9.17) is 10.4 Å². The minimum Gasteiger partial charge on any atom is -0.480 e. The van der Waals surface area contributed by atoms with E-state index >= 15 is 0 Å². The number of nitriles is 1. The lowest BCUT2D eigenvalue weighted by molar-refractivity contribution is -0.148. The number of hydrogen-bond acceptors (Lipinski definition) is 2. The molecule has 1 N–H and O–H groups in total. The molecule has 3 heteroatoms. The van der Waals surface area contributed by atoms with E-state index in [9.17, 15) is 4.79 Å². The van der Waals surface area contributed by atoms with Crippen molar-refractivity contribution in [3.05, 3.63) is 0 Å². The third-order valence-electron chi connectivity index (χ3n) is 3.43. The topological polar surface area (TPSA) is 61.1 Å². The molecule has 0 saturated heterocycles. The summed E-state index contributed by atoms with van der Waals surface area (Å²) in [5.74, 6) is -0.270. The summed E-state index contributed by atoms with van der Waals surface area (Å²) in [6, 6.07) is 2.01. The number of carboxylic acids is 1. The van der Waals surface area contributed by atoms with Gasteiger partial charge < -0.3 is 5.11 Å². The van der Waals surface area contributed by atoms with Crippen molar-refractivity contribution >= 4 is 5.97 Å². The number of carboxylic acid groups (broad SMARTS) is 1. The Morgan fingerprint density at radius 1 is 1.58 bits per heavy atom. The summed E-state index contributed by atoms with van der Waals surface area (Å²) in [7, 11) is 0. The molecule has 2 fully saturated rings. The maximum absolute atomic E-state index is 10.9. The summed E-state index contributed by atoms with van der Waals surface area (Å²) in [5.41, 5.74) is -1.02. The zero-order valence-electron chi connectivity index (χ0n) is 6.79. The van der Waals surface area contributed by atoms with Crippen molar-refractivity contribution in [3.63, 3.8) is 0 Å². The lowest BCUT2D eigenvalue weighted by atomic mass is 9.74. The molecule has 64 valence electrons. The molecule has 0 aliphatic heterocycles. The van der Waals surface area contributed by atoms with Crippen LogP contribution in [0.3, 0.4) is 0 Å². The van der Waals surface area contributed by atoms with Crippen LogP contribution in [0.25, 0.3) is 0 Å². The first-order chi connectivity index (χ1) is 5.69. The highest BCUT2D eigenvalue weighted by atomic mass is 16.4. The number of rotatable bonds is 1. The van der Waals surface area contributed by atoms with Gasteiger partial charge in [-0.2, -0.15) is 5.26 Å². The van der Waals surface area contributed by atoms with Crippen LogP contribution in [0.4, 0.5) is 0 Å². The van der Waals surface area contributed by atoms with Gasteiger partial charge in [0.2, 0.25) is 0 Å². The van der Waals surface area contributed by atoms with Crippen LogP contribution in [0.5, 0.6) is 0 Å². The Morgan fingerprint density at radius 3 is 2.58 bits per heavy atom. The van der Waals surface area contributed by atoms with Gasteiger partial charge in [0.1, 0.15) is 0 Å². The minimum atomic E-state index is -1.02. The summed E-state index contributed by atoms with van der Waals surface area (Å²) in [5, 5.41) is 17.8. The van der Waals surface area contributed by atoms with Gasteiger partial charge in [0.15, 0.2) is 5.41 Å². The van der Waals surface area contributed by atoms with Crippen molar-refractivity contribution in [2.24, 2.45) is 17.3 Å². The van der Waals surface area contributed by atoms with Crippen LogP contribution in [-0.4, -0.2) is 11.1 Å². The quantitative estimate of drug-likeness (QED) is 0.638. The van der Waals surface area contributed by atoms with Crippen LogP contribution in [0.1, 0.15) is 25.7 Å². The first kappa shape index (κ1) is 7.60. The Labute approximate surface area is 71.0 Å². The molecule has 3 unspecified atom stereocenters. The van der Waals surface area contributed by atoms with Crippen LogP contribution >= 0.6 is 0 Å². The van der Waals surface area contributed by atoms with Gasteiger partial charge in [0.05, 0.1) is 6.07 Å². The zero-order chi connectivity index (χ0) is 8.77. The standard InChI is InChI=1S/C9H11NO2/c10-5-9(8(11)12)4-6-1-2-7(9)3-6/h6-7H,1-4H2,(H,11,12). The average Bonchev–Trinajstić information content (AvgIpc) is 2.62. The van der Waals surface area contributed by atoms with Gasteiger partial charge in [-0.25, -0.2) is 0 Å². The fourth-order valence-corrected chi connectivity index (χ4v) is 2.78. The van der Waals surface area contributed by atoms with Crippen molar-refractivity contribution in [3.8, 4) is 6.07 Å². The molecule has 0 spiro atoms. The van der Waals surface area contributed by atoms with E-state index < -0.39 is 11.4 Å². The van der Waals surface area contributed by atoms with E-state index in [1.54, 1.807) is 0 Å². The maximum atomic E-state index is 10.9. The van der Waals surface area contributed by atoms with E-state index in [1.807, 2.05) is 6.07 Å². The Kier molecular flexibility index (Phi) is 1.41. The lowest BCUT2D eigenvalue weighted by Crippen LogP contribution is -2.34. The smallest absolute Gasteiger partial charge is 0.324 e. The first-order valence-electron chi connectivity index (χ1n) is 4.33. The molecule has 2 aliphatic rings. The predicted molar refractivity (Wildman–Crippen MR) is 41.1 cm³/mol. The summed E-state index contributed by atoms with van der Waals surface area (Å²) in [6.45, 7) is 0. The van der Waals surface area contributed by atoms with Gasteiger partial charge in [-0.1, -0.05) is 6.42 Å². The monoisotopic (exact) mass is 165 g/mol. The summed E-state index contributed by atoms with van der Waals surface area (Å²) < 4.78 is 0. The average molecular weight is 165 g/mol. The highest BCUT2D eigenvalue weighted by molar-refractivity contribution is 5.79. The molecule has 0 aromatic heterocycles. The number of nitrogens with zero attached hydrogens (tertiary/aromatic N) is 1. The molecule has 2 rings (SSSR count). The highest BCUT2D eigenvalue weighted by Crippen LogP contribution is 2.55.